The monoisotopic (exact) mass is 192 g/mol. The molecule has 0 aliphatic rings. The molecule has 0 heterocycles. The van der Waals surface area contributed by atoms with E-state index >= 15 is 0 Å². The van der Waals surface area contributed by atoms with Crippen LogP contribution in [0, 0.1) is 12.8 Å². The van der Waals surface area contributed by atoms with Gasteiger partial charge in [0, 0.05) is 0 Å². The molecule has 0 amide bonds. The molecule has 2 atom stereocenters. The van der Waals surface area contributed by atoms with Crippen LogP contribution in [-0.4, -0.2) is 11.2 Å². The molecule has 0 saturated carbocycles. The lowest BCUT2D eigenvalue weighted by atomic mass is 9.92. The SMILES string of the molecule is CCC(O)C(C)Cc1ccccc1C. The van der Waals surface area contributed by atoms with Crippen molar-refractivity contribution in [3.05, 3.63) is 35.4 Å². The first kappa shape index (κ1) is 11.3. The average Bonchev–Trinajstić information content (AvgIpc) is 2.20. The van der Waals surface area contributed by atoms with Gasteiger partial charge in [0.2, 0.25) is 0 Å². The lowest BCUT2D eigenvalue weighted by molar-refractivity contribution is 0.112. The second-order valence-electron chi connectivity index (χ2n) is 4.08. The van der Waals surface area contributed by atoms with Gasteiger partial charge < -0.3 is 5.11 Å². The highest BCUT2D eigenvalue weighted by atomic mass is 16.3. The highest BCUT2D eigenvalue weighted by Gasteiger charge is 2.13. The molecule has 0 aliphatic heterocycles. The Hall–Kier alpha value is -0.820. The van der Waals surface area contributed by atoms with Crippen LogP contribution in [0.4, 0.5) is 0 Å². The minimum absolute atomic E-state index is 0.172. The van der Waals surface area contributed by atoms with Gasteiger partial charge in [-0.2, -0.15) is 0 Å². The van der Waals surface area contributed by atoms with Crippen LogP contribution in [0.15, 0.2) is 24.3 Å². The second kappa shape index (κ2) is 5.16. The molecule has 1 aromatic carbocycles. The van der Waals surface area contributed by atoms with Crippen LogP contribution < -0.4 is 0 Å². The summed E-state index contributed by atoms with van der Waals surface area (Å²) in [5, 5.41) is 9.68. The molecule has 0 aliphatic carbocycles. The fourth-order valence-corrected chi connectivity index (χ4v) is 1.72. The molecule has 1 aromatic rings. The van der Waals surface area contributed by atoms with Crippen molar-refractivity contribution < 1.29 is 5.11 Å². The van der Waals surface area contributed by atoms with Crippen molar-refractivity contribution in [1.29, 1.82) is 0 Å². The lowest BCUT2D eigenvalue weighted by Gasteiger charge is -2.18. The molecular weight excluding hydrogens is 172 g/mol. The van der Waals surface area contributed by atoms with E-state index in [1.807, 2.05) is 6.92 Å². The van der Waals surface area contributed by atoms with Crippen molar-refractivity contribution in [2.75, 3.05) is 0 Å². The van der Waals surface area contributed by atoms with Gasteiger partial charge in [-0.25, -0.2) is 0 Å². The zero-order chi connectivity index (χ0) is 10.6. The van der Waals surface area contributed by atoms with Gasteiger partial charge in [-0.05, 0) is 36.8 Å². The molecule has 1 rings (SSSR count). The first-order chi connectivity index (χ1) is 6.65. The summed E-state index contributed by atoms with van der Waals surface area (Å²) in [5.41, 5.74) is 2.68. The Morgan fingerprint density at radius 3 is 2.50 bits per heavy atom. The summed E-state index contributed by atoms with van der Waals surface area (Å²) in [6, 6.07) is 8.39. The van der Waals surface area contributed by atoms with Gasteiger partial charge in [-0.1, -0.05) is 38.1 Å². The molecule has 1 heteroatoms. The third-order valence-corrected chi connectivity index (χ3v) is 2.88. The molecular formula is C13H20O. The number of aliphatic hydroxyl groups is 1. The summed E-state index contributed by atoms with van der Waals surface area (Å²) in [7, 11) is 0. The summed E-state index contributed by atoms with van der Waals surface area (Å²) in [4.78, 5) is 0. The van der Waals surface area contributed by atoms with Crippen LogP contribution in [0.3, 0.4) is 0 Å². The molecule has 1 nitrogen and oxygen atoms in total. The molecule has 14 heavy (non-hydrogen) atoms. The maximum atomic E-state index is 9.68. The van der Waals surface area contributed by atoms with Crippen LogP contribution >= 0.6 is 0 Å². The number of hydrogen-bond donors (Lipinski definition) is 1. The van der Waals surface area contributed by atoms with Crippen LogP contribution in [-0.2, 0) is 6.42 Å². The van der Waals surface area contributed by atoms with Gasteiger partial charge in [0.1, 0.15) is 0 Å². The predicted octanol–water partition coefficient (Wildman–Crippen LogP) is 2.94. The molecule has 1 N–H and O–H groups in total. The standard InChI is InChI=1S/C13H20O/c1-4-13(14)11(3)9-12-8-6-5-7-10(12)2/h5-8,11,13-14H,4,9H2,1-3H3. The van der Waals surface area contributed by atoms with Crippen LogP contribution in [0.25, 0.3) is 0 Å². The molecule has 0 saturated heterocycles. The molecule has 78 valence electrons. The van der Waals surface area contributed by atoms with E-state index in [2.05, 4.69) is 38.1 Å². The largest absolute Gasteiger partial charge is 0.393 e. The first-order valence-corrected chi connectivity index (χ1v) is 5.37. The topological polar surface area (TPSA) is 20.2 Å². The van der Waals surface area contributed by atoms with Crippen LogP contribution in [0.1, 0.15) is 31.4 Å². The molecule has 0 fully saturated rings. The van der Waals surface area contributed by atoms with Crippen LogP contribution in [0.5, 0.6) is 0 Å². The minimum Gasteiger partial charge on any atom is -0.393 e. The van der Waals surface area contributed by atoms with Crippen LogP contribution in [0.2, 0.25) is 0 Å². The number of rotatable bonds is 4. The smallest absolute Gasteiger partial charge is 0.0566 e. The highest BCUT2D eigenvalue weighted by Crippen LogP contribution is 2.16. The van der Waals surface area contributed by atoms with Crippen molar-refractivity contribution in [3.63, 3.8) is 0 Å². The van der Waals surface area contributed by atoms with Crippen molar-refractivity contribution >= 4 is 0 Å². The third-order valence-electron chi connectivity index (χ3n) is 2.88. The number of aliphatic hydroxyl groups excluding tert-OH is 1. The quantitative estimate of drug-likeness (QED) is 0.777. The van der Waals surface area contributed by atoms with E-state index in [0.29, 0.717) is 5.92 Å². The van der Waals surface area contributed by atoms with Gasteiger partial charge in [0.25, 0.3) is 0 Å². The fraction of sp³-hybridized carbons (Fsp3) is 0.538. The van der Waals surface area contributed by atoms with E-state index in [1.54, 1.807) is 0 Å². The predicted molar refractivity (Wildman–Crippen MR) is 60.3 cm³/mol. The number of hydrogen-bond acceptors (Lipinski definition) is 1. The third kappa shape index (κ3) is 2.85. The summed E-state index contributed by atoms with van der Waals surface area (Å²) in [6.45, 7) is 6.26. The number of benzene rings is 1. The van der Waals surface area contributed by atoms with E-state index < -0.39 is 0 Å². The first-order valence-electron chi connectivity index (χ1n) is 5.37. The Bertz CT molecular complexity index is 280. The average molecular weight is 192 g/mol. The summed E-state index contributed by atoms with van der Waals surface area (Å²) in [6.07, 6.45) is 1.64. The normalized spacial score (nSPS) is 15.1. The molecule has 0 aromatic heterocycles. The summed E-state index contributed by atoms with van der Waals surface area (Å²) in [5.74, 6) is 0.348. The minimum atomic E-state index is -0.172. The Morgan fingerprint density at radius 1 is 1.29 bits per heavy atom. The van der Waals surface area contributed by atoms with Crippen molar-refractivity contribution in [2.24, 2.45) is 5.92 Å². The second-order valence-corrected chi connectivity index (χ2v) is 4.08. The van der Waals surface area contributed by atoms with Gasteiger partial charge >= 0.3 is 0 Å². The Kier molecular flexibility index (Phi) is 4.15. The Balaban J connectivity index is 2.64. The van der Waals surface area contributed by atoms with Gasteiger partial charge in [0.15, 0.2) is 0 Å². The Morgan fingerprint density at radius 2 is 1.93 bits per heavy atom. The zero-order valence-electron chi connectivity index (χ0n) is 9.33. The summed E-state index contributed by atoms with van der Waals surface area (Å²) >= 11 is 0. The Labute approximate surface area is 86.8 Å². The van der Waals surface area contributed by atoms with E-state index in [4.69, 9.17) is 0 Å². The van der Waals surface area contributed by atoms with E-state index in [9.17, 15) is 5.11 Å². The maximum Gasteiger partial charge on any atom is 0.0566 e. The summed E-state index contributed by atoms with van der Waals surface area (Å²) < 4.78 is 0. The number of aryl methyl sites for hydroxylation is 1. The van der Waals surface area contributed by atoms with E-state index in [1.165, 1.54) is 11.1 Å². The molecule has 0 bridgehead atoms. The van der Waals surface area contributed by atoms with Crippen molar-refractivity contribution in [3.8, 4) is 0 Å². The van der Waals surface area contributed by atoms with Crippen molar-refractivity contribution in [1.82, 2.24) is 0 Å². The molecule has 2 unspecified atom stereocenters. The van der Waals surface area contributed by atoms with Gasteiger partial charge in [0.05, 0.1) is 6.10 Å². The maximum absolute atomic E-state index is 9.68. The molecule has 0 radical (unpaired) electrons. The molecule has 0 spiro atoms. The van der Waals surface area contributed by atoms with E-state index in [0.717, 1.165) is 12.8 Å². The fourth-order valence-electron chi connectivity index (χ4n) is 1.72. The van der Waals surface area contributed by atoms with Crippen molar-refractivity contribution in [2.45, 2.75) is 39.7 Å². The highest BCUT2D eigenvalue weighted by molar-refractivity contribution is 5.25. The lowest BCUT2D eigenvalue weighted by Crippen LogP contribution is -2.18. The zero-order valence-corrected chi connectivity index (χ0v) is 9.33. The van der Waals surface area contributed by atoms with Gasteiger partial charge in [-0.15, -0.1) is 0 Å². The van der Waals surface area contributed by atoms with E-state index in [-0.39, 0.29) is 6.10 Å². The van der Waals surface area contributed by atoms with Gasteiger partial charge in [-0.3, -0.25) is 0 Å².